The summed E-state index contributed by atoms with van der Waals surface area (Å²) >= 11 is 6.15. The van der Waals surface area contributed by atoms with Gasteiger partial charge >= 0.3 is 0 Å². The molecule has 0 bridgehead atoms. The van der Waals surface area contributed by atoms with E-state index < -0.39 is 0 Å². The molecule has 0 amide bonds. The first-order valence-corrected chi connectivity index (χ1v) is 7.94. The van der Waals surface area contributed by atoms with Crippen LogP contribution in [0.4, 0.5) is 0 Å². The molecule has 0 saturated heterocycles. The zero-order valence-corrected chi connectivity index (χ0v) is 14.2. The Kier molecular flexibility index (Phi) is 7.01. The lowest BCUT2D eigenvalue weighted by Crippen LogP contribution is -2.43. The maximum atomic E-state index is 6.29. The van der Waals surface area contributed by atoms with E-state index in [1.165, 1.54) is 5.56 Å². The number of rotatable bonds is 7. The van der Waals surface area contributed by atoms with Crippen molar-refractivity contribution in [3.8, 4) is 0 Å². The lowest BCUT2D eigenvalue weighted by atomic mass is 9.97. The standard InChI is InChI=1S/C17H29ClN2/c1-12(2)10-20(11-13(3)4)17(14(5)19)15-7-6-8-16(18)9-15/h6-9,12-14,17H,10-11,19H2,1-5H3. The van der Waals surface area contributed by atoms with Crippen molar-refractivity contribution in [3.63, 3.8) is 0 Å². The van der Waals surface area contributed by atoms with Crippen LogP contribution in [-0.2, 0) is 0 Å². The van der Waals surface area contributed by atoms with Crippen molar-refractivity contribution in [1.29, 1.82) is 0 Å². The number of halogens is 1. The number of hydrogen-bond donors (Lipinski definition) is 1. The molecule has 2 N–H and O–H groups in total. The molecule has 20 heavy (non-hydrogen) atoms. The van der Waals surface area contributed by atoms with E-state index in [0.29, 0.717) is 11.8 Å². The molecular weight excluding hydrogens is 268 g/mol. The van der Waals surface area contributed by atoms with Gasteiger partial charge in [0.15, 0.2) is 0 Å². The Morgan fingerprint density at radius 1 is 1.05 bits per heavy atom. The van der Waals surface area contributed by atoms with Gasteiger partial charge in [0.25, 0.3) is 0 Å². The van der Waals surface area contributed by atoms with E-state index in [-0.39, 0.29) is 12.1 Å². The van der Waals surface area contributed by atoms with Gasteiger partial charge < -0.3 is 5.73 Å². The van der Waals surface area contributed by atoms with Crippen LogP contribution in [0.5, 0.6) is 0 Å². The molecule has 0 heterocycles. The van der Waals surface area contributed by atoms with Crippen LogP contribution in [0.3, 0.4) is 0 Å². The van der Waals surface area contributed by atoms with Crippen molar-refractivity contribution >= 4 is 11.6 Å². The van der Waals surface area contributed by atoms with Gasteiger partial charge in [0.05, 0.1) is 0 Å². The second-order valence-electron chi connectivity index (χ2n) is 6.60. The summed E-state index contributed by atoms with van der Waals surface area (Å²) < 4.78 is 0. The summed E-state index contributed by atoms with van der Waals surface area (Å²) in [5.74, 6) is 1.24. The summed E-state index contributed by atoms with van der Waals surface area (Å²) in [7, 11) is 0. The third-order valence-corrected chi connectivity index (χ3v) is 3.52. The highest BCUT2D eigenvalue weighted by molar-refractivity contribution is 6.30. The highest BCUT2D eigenvalue weighted by Crippen LogP contribution is 2.27. The first kappa shape index (κ1) is 17.5. The Morgan fingerprint density at radius 3 is 2.00 bits per heavy atom. The minimum absolute atomic E-state index is 0.0750. The van der Waals surface area contributed by atoms with Crippen molar-refractivity contribution in [2.24, 2.45) is 17.6 Å². The second-order valence-corrected chi connectivity index (χ2v) is 7.04. The molecule has 1 aromatic rings. The van der Waals surface area contributed by atoms with E-state index in [2.05, 4.69) is 45.6 Å². The maximum Gasteiger partial charge on any atom is 0.0497 e. The average Bonchev–Trinajstić information content (AvgIpc) is 2.26. The molecule has 0 aliphatic rings. The summed E-state index contributed by atoms with van der Waals surface area (Å²) in [6.07, 6.45) is 0. The Morgan fingerprint density at radius 2 is 1.60 bits per heavy atom. The summed E-state index contributed by atoms with van der Waals surface area (Å²) in [5.41, 5.74) is 7.50. The van der Waals surface area contributed by atoms with Crippen molar-refractivity contribution in [2.45, 2.75) is 46.7 Å². The predicted molar refractivity (Wildman–Crippen MR) is 89.1 cm³/mol. The zero-order chi connectivity index (χ0) is 15.3. The van der Waals surface area contributed by atoms with Crippen LogP contribution >= 0.6 is 11.6 Å². The van der Waals surface area contributed by atoms with Crippen LogP contribution in [0.2, 0.25) is 5.02 Å². The highest BCUT2D eigenvalue weighted by atomic mass is 35.5. The molecule has 0 aliphatic carbocycles. The van der Waals surface area contributed by atoms with Crippen molar-refractivity contribution in [2.75, 3.05) is 13.1 Å². The van der Waals surface area contributed by atoms with Gasteiger partial charge in [-0.2, -0.15) is 0 Å². The van der Waals surface area contributed by atoms with E-state index in [1.807, 2.05) is 18.2 Å². The van der Waals surface area contributed by atoms with Crippen molar-refractivity contribution < 1.29 is 0 Å². The largest absolute Gasteiger partial charge is 0.326 e. The molecular formula is C17H29ClN2. The summed E-state index contributed by atoms with van der Waals surface area (Å²) in [6, 6.07) is 8.40. The summed E-state index contributed by atoms with van der Waals surface area (Å²) in [6.45, 7) is 13.2. The third-order valence-electron chi connectivity index (χ3n) is 3.28. The quantitative estimate of drug-likeness (QED) is 0.811. The molecule has 1 rings (SSSR count). The molecule has 0 radical (unpaired) electrons. The molecule has 2 atom stereocenters. The summed E-state index contributed by atoms with van der Waals surface area (Å²) in [5, 5.41) is 0.780. The SMILES string of the molecule is CC(C)CN(CC(C)C)C(c1cccc(Cl)c1)C(C)N. The van der Waals surface area contributed by atoms with Gasteiger partial charge in [-0.05, 0) is 36.5 Å². The molecule has 2 nitrogen and oxygen atoms in total. The molecule has 3 heteroatoms. The number of hydrogen-bond acceptors (Lipinski definition) is 2. The minimum Gasteiger partial charge on any atom is -0.326 e. The molecule has 0 aliphatic heterocycles. The van der Waals surface area contributed by atoms with E-state index in [4.69, 9.17) is 17.3 Å². The Balaban J connectivity index is 3.06. The van der Waals surface area contributed by atoms with Gasteiger partial charge in [-0.25, -0.2) is 0 Å². The van der Waals surface area contributed by atoms with Crippen LogP contribution in [0.15, 0.2) is 24.3 Å². The Hall–Kier alpha value is -0.570. The fourth-order valence-corrected chi connectivity index (χ4v) is 2.98. The van der Waals surface area contributed by atoms with Crippen molar-refractivity contribution in [1.82, 2.24) is 4.90 Å². The van der Waals surface area contributed by atoms with Gasteiger partial charge in [0, 0.05) is 30.2 Å². The Bertz CT molecular complexity index is 392. The molecule has 1 aromatic carbocycles. The van der Waals surface area contributed by atoms with Crippen molar-refractivity contribution in [3.05, 3.63) is 34.9 Å². The van der Waals surface area contributed by atoms with Gasteiger partial charge in [-0.3, -0.25) is 4.90 Å². The van der Waals surface area contributed by atoms with Crippen LogP contribution < -0.4 is 5.73 Å². The average molecular weight is 297 g/mol. The van der Waals surface area contributed by atoms with Gasteiger partial charge in [-0.1, -0.05) is 51.4 Å². The van der Waals surface area contributed by atoms with Crippen LogP contribution in [0.1, 0.15) is 46.2 Å². The minimum atomic E-state index is 0.0750. The Labute approximate surface area is 129 Å². The molecule has 0 aromatic heterocycles. The number of nitrogens with zero attached hydrogens (tertiary/aromatic N) is 1. The lowest BCUT2D eigenvalue weighted by Gasteiger charge is -2.37. The fourth-order valence-electron chi connectivity index (χ4n) is 2.78. The van der Waals surface area contributed by atoms with E-state index in [9.17, 15) is 0 Å². The first-order valence-electron chi connectivity index (χ1n) is 7.56. The maximum absolute atomic E-state index is 6.29. The lowest BCUT2D eigenvalue weighted by molar-refractivity contribution is 0.140. The van der Waals surface area contributed by atoms with E-state index in [1.54, 1.807) is 0 Å². The molecule has 0 saturated carbocycles. The predicted octanol–water partition coefficient (Wildman–Crippen LogP) is 4.34. The van der Waals surface area contributed by atoms with E-state index in [0.717, 1.165) is 18.1 Å². The topological polar surface area (TPSA) is 29.3 Å². The number of nitrogens with two attached hydrogens (primary N) is 1. The molecule has 0 spiro atoms. The number of benzene rings is 1. The second kappa shape index (κ2) is 8.02. The normalized spacial score (nSPS) is 15.1. The summed E-state index contributed by atoms with van der Waals surface area (Å²) in [4.78, 5) is 2.51. The van der Waals surface area contributed by atoms with Gasteiger partial charge in [-0.15, -0.1) is 0 Å². The first-order chi connectivity index (χ1) is 9.31. The highest BCUT2D eigenvalue weighted by Gasteiger charge is 2.25. The van der Waals surface area contributed by atoms with E-state index >= 15 is 0 Å². The van der Waals surface area contributed by atoms with Gasteiger partial charge in [0.1, 0.15) is 0 Å². The third kappa shape index (κ3) is 5.43. The van der Waals surface area contributed by atoms with Crippen LogP contribution in [-0.4, -0.2) is 24.0 Å². The zero-order valence-electron chi connectivity index (χ0n) is 13.4. The monoisotopic (exact) mass is 296 g/mol. The molecule has 2 unspecified atom stereocenters. The fraction of sp³-hybridized carbons (Fsp3) is 0.647. The van der Waals surface area contributed by atoms with Crippen LogP contribution in [0, 0.1) is 11.8 Å². The van der Waals surface area contributed by atoms with Crippen LogP contribution in [0.25, 0.3) is 0 Å². The molecule has 0 fully saturated rings. The smallest absolute Gasteiger partial charge is 0.0497 e. The molecule has 114 valence electrons. The van der Waals surface area contributed by atoms with Gasteiger partial charge in [0.2, 0.25) is 0 Å².